The van der Waals surface area contributed by atoms with Crippen LogP contribution in [0.15, 0.2) is 52.7 Å². The van der Waals surface area contributed by atoms with Crippen molar-refractivity contribution in [3.05, 3.63) is 58.8 Å². The Morgan fingerprint density at radius 1 is 1.24 bits per heavy atom. The number of nitrogens with one attached hydrogen (secondary N) is 2. The summed E-state index contributed by atoms with van der Waals surface area (Å²) < 4.78 is 0. The van der Waals surface area contributed by atoms with E-state index in [1.165, 1.54) is 11.1 Å². The molecule has 0 saturated carbocycles. The minimum absolute atomic E-state index is 0.0378. The smallest absolute Gasteiger partial charge is 0.251 e. The monoisotopic (exact) mass is 393 g/mol. The largest absolute Gasteiger partial charge is 0.349 e. The summed E-state index contributed by atoms with van der Waals surface area (Å²) in [7, 11) is 2.10. The van der Waals surface area contributed by atoms with Crippen molar-refractivity contribution in [3.63, 3.8) is 0 Å². The first kappa shape index (κ1) is 19.9. The Bertz CT molecular complexity index is 818. The Morgan fingerprint density at radius 2 is 2.00 bits per heavy atom. The topological polar surface area (TPSA) is 60.0 Å². The maximum atomic E-state index is 12.6. The molecule has 3 heterocycles. The summed E-state index contributed by atoms with van der Waals surface area (Å²) in [6.07, 6.45) is 9.48. The molecule has 0 aliphatic carbocycles. The number of aryl methyl sites for hydroxylation is 1. The molecule has 0 bridgehead atoms. The van der Waals surface area contributed by atoms with E-state index in [1.54, 1.807) is 0 Å². The van der Waals surface area contributed by atoms with Crippen LogP contribution in [0.5, 0.6) is 0 Å². The standard InChI is InChI=1S/C23H31N5O/c1-3-17-6-8-18(9-7-17)22(29)26-19-10-13-28(14-11-19)23-20-5-4-12-24-15-21(20)25-16-27(23)2/h4-9,16,19,23-24H,3,10-15H2,1-2H3,(H,26,29). The van der Waals surface area contributed by atoms with Crippen molar-refractivity contribution in [1.82, 2.24) is 20.4 Å². The van der Waals surface area contributed by atoms with E-state index in [4.69, 9.17) is 0 Å². The third kappa shape index (κ3) is 4.43. The maximum absolute atomic E-state index is 12.6. The number of hydrogen-bond acceptors (Lipinski definition) is 5. The molecule has 29 heavy (non-hydrogen) atoms. The van der Waals surface area contributed by atoms with Gasteiger partial charge in [-0.15, -0.1) is 0 Å². The highest BCUT2D eigenvalue weighted by Gasteiger charge is 2.32. The molecular formula is C23H31N5O. The third-order valence-corrected chi connectivity index (χ3v) is 6.08. The number of carbonyl (C=O) groups is 1. The highest BCUT2D eigenvalue weighted by molar-refractivity contribution is 5.94. The number of nitrogens with zero attached hydrogens (tertiary/aromatic N) is 3. The summed E-state index contributed by atoms with van der Waals surface area (Å²) >= 11 is 0. The first-order valence-electron chi connectivity index (χ1n) is 10.7. The fourth-order valence-corrected chi connectivity index (χ4v) is 4.36. The van der Waals surface area contributed by atoms with Crippen LogP contribution < -0.4 is 10.6 Å². The SMILES string of the molecule is CCc1ccc(C(=O)NC2CCN(C3C4=C(CNCC=C4)N=CN3C)CC2)cc1. The Balaban J connectivity index is 1.37. The quantitative estimate of drug-likeness (QED) is 0.823. The van der Waals surface area contributed by atoms with Gasteiger partial charge in [-0.1, -0.05) is 31.2 Å². The van der Waals surface area contributed by atoms with Crippen molar-refractivity contribution in [2.45, 2.75) is 38.4 Å². The van der Waals surface area contributed by atoms with E-state index in [0.29, 0.717) is 0 Å². The lowest BCUT2D eigenvalue weighted by Crippen LogP contribution is -2.54. The maximum Gasteiger partial charge on any atom is 0.251 e. The zero-order valence-corrected chi connectivity index (χ0v) is 17.4. The molecule has 154 valence electrons. The molecule has 0 spiro atoms. The normalized spacial score (nSPS) is 23.1. The minimum Gasteiger partial charge on any atom is -0.349 e. The van der Waals surface area contributed by atoms with Gasteiger partial charge in [-0.05, 0) is 37.0 Å². The number of aliphatic imine (C=N–C) groups is 1. The third-order valence-electron chi connectivity index (χ3n) is 6.08. The van der Waals surface area contributed by atoms with Gasteiger partial charge in [0.25, 0.3) is 5.91 Å². The molecule has 1 aromatic rings. The lowest BCUT2D eigenvalue weighted by molar-refractivity contribution is 0.0830. The fraction of sp³-hybridized carbons (Fsp3) is 0.478. The fourth-order valence-electron chi connectivity index (χ4n) is 4.36. The van der Waals surface area contributed by atoms with Gasteiger partial charge in [0.05, 0.1) is 12.0 Å². The van der Waals surface area contributed by atoms with Gasteiger partial charge in [0.15, 0.2) is 0 Å². The van der Waals surface area contributed by atoms with Crippen molar-refractivity contribution >= 4 is 12.2 Å². The van der Waals surface area contributed by atoms with Crippen LogP contribution in [-0.2, 0) is 6.42 Å². The summed E-state index contributed by atoms with van der Waals surface area (Å²) in [5.41, 5.74) is 4.43. The Labute approximate surface area is 173 Å². The summed E-state index contributed by atoms with van der Waals surface area (Å²) in [4.78, 5) is 21.9. The van der Waals surface area contributed by atoms with Gasteiger partial charge in [-0.3, -0.25) is 9.69 Å². The van der Waals surface area contributed by atoms with Crippen LogP contribution in [0.2, 0.25) is 0 Å². The van der Waals surface area contributed by atoms with E-state index in [9.17, 15) is 4.79 Å². The summed E-state index contributed by atoms with van der Waals surface area (Å²) in [5, 5.41) is 6.63. The Morgan fingerprint density at radius 3 is 2.72 bits per heavy atom. The Kier molecular flexibility index (Phi) is 6.11. The second kappa shape index (κ2) is 8.93. The number of benzene rings is 1. The van der Waals surface area contributed by atoms with Gasteiger partial charge in [-0.2, -0.15) is 0 Å². The summed E-state index contributed by atoms with van der Waals surface area (Å²) in [6.45, 7) is 5.73. The van der Waals surface area contributed by atoms with E-state index >= 15 is 0 Å². The van der Waals surface area contributed by atoms with Crippen LogP contribution in [0.3, 0.4) is 0 Å². The van der Waals surface area contributed by atoms with Crippen LogP contribution in [-0.4, -0.2) is 67.5 Å². The van der Waals surface area contributed by atoms with E-state index in [2.05, 4.69) is 51.5 Å². The lowest BCUT2D eigenvalue weighted by atomic mass is 10.00. The highest BCUT2D eigenvalue weighted by atomic mass is 16.1. The van der Waals surface area contributed by atoms with Crippen LogP contribution in [0.4, 0.5) is 0 Å². The number of carbonyl (C=O) groups excluding carboxylic acids is 1. The molecule has 1 atom stereocenters. The number of piperidine rings is 1. The first-order chi connectivity index (χ1) is 14.2. The van der Waals surface area contributed by atoms with E-state index in [1.807, 2.05) is 30.6 Å². The van der Waals surface area contributed by atoms with Crippen LogP contribution in [0.1, 0.15) is 35.7 Å². The van der Waals surface area contributed by atoms with Gasteiger partial charge in [0.2, 0.25) is 0 Å². The second-order valence-corrected chi connectivity index (χ2v) is 8.05. The molecule has 2 N–H and O–H groups in total. The number of rotatable bonds is 4. The average molecular weight is 394 g/mol. The van der Waals surface area contributed by atoms with Gasteiger partial charge in [0, 0.05) is 50.4 Å². The van der Waals surface area contributed by atoms with Crippen molar-refractivity contribution < 1.29 is 4.79 Å². The zero-order chi connectivity index (χ0) is 20.2. The van der Waals surface area contributed by atoms with Crippen molar-refractivity contribution in [1.29, 1.82) is 0 Å². The number of likely N-dealkylation sites (N-methyl/N-ethyl adjacent to an activating group) is 1. The molecule has 3 aliphatic heterocycles. The Hall–Kier alpha value is -2.44. The summed E-state index contributed by atoms with van der Waals surface area (Å²) in [5.74, 6) is 0.0378. The zero-order valence-electron chi connectivity index (χ0n) is 17.4. The molecule has 4 rings (SSSR count). The molecule has 0 aromatic heterocycles. The molecule has 6 heteroatoms. The van der Waals surface area contributed by atoms with Crippen LogP contribution in [0, 0.1) is 0 Å². The van der Waals surface area contributed by atoms with Gasteiger partial charge < -0.3 is 15.5 Å². The van der Waals surface area contributed by atoms with Gasteiger partial charge >= 0.3 is 0 Å². The predicted octanol–water partition coefficient (Wildman–Crippen LogP) is 2.16. The highest BCUT2D eigenvalue weighted by Crippen LogP contribution is 2.26. The molecule has 0 radical (unpaired) electrons. The van der Waals surface area contributed by atoms with Crippen molar-refractivity contribution in [2.24, 2.45) is 4.99 Å². The molecule has 1 aromatic carbocycles. The number of amides is 1. The second-order valence-electron chi connectivity index (χ2n) is 8.05. The van der Waals surface area contributed by atoms with Crippen molar-refractivity contribution in [3.8, 4) is 0 Å². The average Bonchev–Trinajstić information content (AvgIpc) is 3.00. The predicted molar refractivity (Wildman–Crippen MR) is 117 cm³/mol. The van der Waals surface area contributed by atoms with Crippen LogP contribution >= 0.6 is 0 Å². The van der Waals surface area contributed by atoms with E-state index < -0.39 is 0 Å². The van der Waals surface area contributed by atoms with Crippen molar-refractivity contribution in [2.75, 3.05) is 33.2 Å². The lowest BCUT2D eigenvalue weighted by Gasteiger charge is -2.43. The first-order valence-corrected chi connectivity index (χ1v) is 10.7. The molecule has 1 fully saturated rings. The molecule has 1 saturated heterocycles. The molecule has 3 aliphatic rings. The van der Waals surface area contributed by atoms with Gasteiger partial charge in [-0.25, -0.2) is 4.99 Å². The molecular weight excluding hydrogens is 362 g/mol. The molecule has 1 unspecified atom stereocenters. The summed E-state index contributed by atoms with van der Waals surface area (Å²) in [6, 6.07) is 8.17. The minimum atomic E-state index is 0.0378. The molecule has 6 nitrogen and oxygen atoms in total. The number of likely N-dealkylation sites (tertiary alicyclic amines) is 1. The number of hydrogen-bond donors (Lipinski definition) is 2. The van der Waals surface area contributed by atoms with Gasteiger partial charge in [0.1, 0.15) is 6.17 Å². The van der Waals surface area contributed by atoms with E-state index in [0.717, 1.165) is 56.7 Å². The van der Waals surface area contributed by atoms with E-state index in [-0.39, 0.29) is 18.1 Å². The van der Waals surface area contributed by atoms with Crippen LogP contribution in [0.25, 0.3) is 0 Å². The molecule has 1 amide bonds.